The van der Waals surface area contributed by atoms with Gasteiger partial charge in [-0.1, -0.05) is 0 Å². The monoisotopic (exact) mass is 520 g/mol. The molecule has 4 heterocycles. The van der Waals surface area contributed by atoms with Gasteiger partial charge in [-0.2, -0.15) is 13.2 Å². The van der Waals surface area contributed by atoms with Crippen LogP contribution in [0.3, 0.4) is 0 Å². The molecule has 4 saturated heterocycles. The van der Waals surface area contributed by atoms with Crippen LogP contribution in [0.4, 0.5) is 13.2 Å². The minimum absolute atomic E-state index is 0.0385. The van der Waals surface area contributed by atoms with E-state index in [-0.39, 0.29) is 36.6 Å². The maximum absolute atomic E-state index is 14.2. The summed E-state index contributed by atoms with van der Waals surface area (Å²) in [6, 6.07) is -0.900. The molecule has 0 aromatic heterocycles. The fourth-order valence-corrected chi connectivity index (χ4v) is 7.51. The molecule has 2 amide bonds. The third kappa shape index (κ3) is 5.03. The second-order valence-electron chi connectivity index (χ2n) is 10.9. The summed E-state index contributed by atoms with van der Waals surface area (Å²) >= 11 is 6.34. The van der Waals surface area contributed by atoms with Crippen LogP contribution in [-0.4, -0.2) is 95.3 Å². The van der Waals surface area contributed by atoms with Crippen molar-refractivity contribution in [2.45, 2.75) is 93.4 Å². The zero-order valence-corrected chi connectivity index (χ0v) is 20.8. The van der Waals surface area contributed by atoms with Gasteiger partial charge in [-0.15, -0.1) is 11.6 Å². The molecule has 5 rings (SSSR count). The zero-order valence-electron chi connectivity index (χ0n) is 20.1. The molecule has 8 nitrogen and oxygen atoms in total. The third-order valence-corrected chi connectivity index (χ3v) is 9.12. The Labute approximate surface area is 209 Å². The predicted molar refractivity (Wildman–Crippen MR) is 124 cm³/mol. The molecule has 5 aliphatic rings. The summed E-state index contributed by atoms with van der Waals surface area (Å²) in [6.07, 6.45) is 0.962. The molecular weight excluding hydrogens is 485 g/mol. The van der Waals surface area contributed by atoms with Crippen LogP contribution in [0.25, 0.3) is 0 Å². The van der Waals surface area contributed by atoms with E-state index in [0.29, 0.717) is 37.8 Å². The molecule has 3 N–H and O–H groups in total. The van der Waals surface area contributed by atoms with Crippen LogP contribution in [0.15, 0.2) is 0 Å². The Hall–Kier alpha value is -1.14. The largest absolute Gasteiger partial charge is 0.409 e. The van der Waals surface area contributed by atoms with E-state index < -0.39 is 30.0 Å². The second kappa shape index (κ2) is 9.96. The number of nitrogens with zero attached hydrogens (tertiary/aromatic N) is 3. The fraction of sp³-hybridized carbons (Fsp3) is 0.913. The molecule has 0 radical (unpaired) electrons. The number of piperidine rings is 1. The first-order valence-corrected chi connectivity index (χ1v) is 13.3. The number of rotatable bonds is 4. The number of nitrogens with one attached hydrogen (secondary N) is 3. The Morgan fingerprint density at radius 3 is 2.54 bits per heavy atom. The van der Waals surface area contributed by atoms with E-state index in [4.69, 9.17) is 11.6 Å². The van der Waals surface area contributed by atoms with Crippen molar-refractivity contribution in [3.63, 3.8) is 0 Å². The van der Waals surface area contributed by atoms with E-state index in [9.17, 15) is 22.8 Å². The van der Waals surface area contributed by atoms with Crippen LogP contribution < -0.4 is 16.1 Å². The Balaban J connectivity index is 1.23. The number of hydrazine groups is 1. The molecule has 0 aromatic rings. The number of alkyl halides is 4. The fourth-order valence-electron chi connectivity index (χ4n) is 7.23. The lowest BCUT2D eigenvalue weighted by Crippen LogP contribution is -2.70. The molecule has 0 aromatic carbocycles. The Morgan fingerprint density at radius 1 is 1.14 bits per heavy atom. The van der Waals surface area contributed by atoms with Gasteiger partial charge in [0.1, 0.15) is 6.04 Å². The van der Waals surface area contributed by atoms with Crippen molar-refractivity contribution >= 4 is 23.4 Å². The summed E-state index contributed by atoms with van der Waals surface area (Å²) < 4.78 is 42.6. The number of fused-ring (bicyclic) bond motifs is 3. The first-order valence-electron chi connectivity index (χ1n) is 12.9. The number of hydrogen-bond donors (Lipinski definition) is 3. The number of carbonyl (C=O) groups is 2. The van der Waals surface area contributed by atoms with E-state index in [1.54, 1.807) is 0 Å². The molecule has 4 aliphatic heterocycles. The van der Waals surface area contributed by atoms with Gasteiger partial charge in [0.2, 0.25) is 11.8 Å². The van der Waals surface area contributed by atoms with Gasteiger partial charge >= 0.3 is 6.18 Å². The third-order valence-electron chi connectivity index (χ3n) is 8.85. The quantitative estimate of drug-likeness (QED) is 0.386. The van der Waals surface area contributed by atoms with Crippen LogP contribution in [0.1, 0.15) is 51.4 Å². The highest BCUT2D eigenvalue weighted by Gasteiger charge is 2.52. The molecule has 35 heavy (non-hydrogen) atoms. The van der Waals surface area contributed by atoms with Crippen molar-refractivity contribution in [1.29, 1.82) is 0 Å². The van der Waals surface area contributed by atoms with E-state index in [2.05, 4.69) is 26.0 Å². The first kappa shape index (κ1) is 25.5. The maximum Gasteiger partial charge on any atom is 0.409 e. The van der Waals surface area contributed by atoms with Crippen LogP contribution in [0.2, 0.25) is 0 Å². The average molecular weight is 521 g/mol. The van der Waals surface area contributed by atoms with Gasteiger partial charge in [-0.05, 0) is 51.0 Å². The van der Waals surface area contributed by atoms with Crippen molar-refractivity contribution in [3.8, 4) is 0 Å². The van der Waals surface area contributed by atoms with Crippen molar-refractivity contribution in [1.82, 2.24) is 30.9 Å². The number of likely N-dealkylation sites (tertiary alicyclic amines) is 1. The summed E-state index contributed by atoms with van der Waals surface area (Å²) in [5.41, 5.74) is 3.31. The number of carbonyl (C=O) groups excluding carboxylic acids is 2. The second-order valence-corrected chi connectivity index (χ2v) is 11.4. The molecule has 6 atom stereocenters. The lowest BCUT2D eigenvalue weighted by atomic mass is 9.78. The highest BCUT2D eigenvalue weighted by Crippen LogP contribution is 2.41. The SMILES string of the molecule is CN(C(=O)[C@H]1CNC(=O)C1)[C@H](C1CCC(N2CCCC3C2CNC2CC(Cl)NN23)CC1)C(F)(F)F. The summed E-state index contributed by atoms with van der Waals surface area (Å²) in [5, 5.41) is 8.42. The molecule has 1 aliphatic carbocycles. The first-order chi connectivity index (χ1) is 16.6. The minimum atomic E-state index is -4.50. The van der Waals surface area contributed by atoms with Crippen LogP contribution in [-0.2, 0) is 9.59 Å². The van der Waals surface area contributed by atoms with Gasteiger partial charge in [0.05, 0.1) is 17.6 Å². The van der Waals surface area contributed by atoms with Crippen molar-refractivity contribution < 1.29 is 22.8 Å². The standard InChI is InChI=1S/C23H36ClF3N6O2/c1-31(22(35)14-9-20(34)29-11-14)21(23(25,26)27)13-4-6-15(7-5-13)32-8-2-3-16-17(32)12-28-19-10-18(24)30-33(16)19/h13-19,21,28,30H,2-12H2,1H3,(H,29,34)/t13?,14-,15?,16?,17?,18?,19?,21-/m1/s1. The maximum atomic E-state index is 14.2. The molecule has 12 heteroatoms. The van der Waals surface area contributed by atoms with Crippen molar-refractivity contribution in [2.24, 2.45) is 11.8 Å². The van der Waals surface area contributed by atoms with Gasteiger partial charge in [-0.3, -0.25) is 19.8 Å². The van der Waals surface area contributed by atoms with Crippen molar-refractivity contribution in [3.05, 3.63) is 0 Å². The van der Waals surface area contributed by atoms with Crippen molar-refractivity contribution in [2.75, 3.05) is 26.7 Å². The topological polar surface area (TPSA) is 80.0 Å². The average Bonchev–Trinajstić information content (AvgIpc) is 3.42. The van der Waals surface area contributed by atoms with E-state index in [1.807, 2.05) is 0 Å². The van der Waals surface area contributed by atoms with Crippen LogP contribution in [0, 0.1) is 11.8 Å². The summed E-state index contributed by atoms with van der Waals surface area (Å²) in [4.78, 5) is 27.7. The highest BCUT2D eigenvalue weighted by atomic mass is 35.5. The number of hydrogen-bond acceptors (Lipinski definition) is 6. The van der Waals surface area contributed by atoms with Crippen LogP contribution >= 0.6 is 11.6 Å². The summed E-state index contributed by atoms with van der Waals surface area (Å²) in [5.74, 6) is -2.22. The molecular formula is C23H36ClF3N6O2. The van der Waals surface area contributed by atoms with Gasteiger partial charge in [0.25, 0.3) is 0 Å². The van der Waals surface area contributed by atoms with E-state index in [0.717, 1.165) is 37.3 Å². The van der Waals surface area contributed by atoms with Gasteiger partial charge in [0.15, 0.2) is 0 Å². The molecule has 198 valence electrons. The minimum Gasteiger partial charge on any atom is -0.355 e. The van der Waals surface area contributed by atoms with Gasteiger partial charge < -0.3 is 10.2 Å². The van der Waals surface area contributed by atoms with E-state index in [1.165, 1.54) is 7.05 Å². The molecule has 0 bridgehead atoms. The lowest BCUT2D eigenvalue weighted by molar-refractivity contribution is -0.203. The number of halogens is 4. The Morgan fingerprint density at radius 2 is 1.89 bits per heavy atom. The Bertz CT molecular complexity index is 811. The predicted octanol–water partition coefficient (Wildman–Crippen LogP) is 1.61. The normalized spacial score (nSPS) is 39.6. The summed E-state index contributed by atoms with van der Waals surface area (Å²) in [7, 11) is 1.25. The zero-order chi connectivity index (χ0) is 24.9. The van der Waals surface area contributed by atoms with Gasteiger partial charge in [0, 0.05) is 51.1 Å². The molecule has 5 fully saturated rings. The van der Waals surface area contributed by atoms with Crippen LogP contribution in [0.5, 0.6) is 0 Å². The molecule has 4 unspecified atom stereocenters. The summed E-state index contributed by atoms with van der Waals surface area (Å²) in [6.45, 7) is 1.94. The lowest BCUT2D eigenvalue weighted by Gasteiger charge is -2.53. The van der Waals surface area contributed by atoms with E-state index >= 15 is 0 Å². The highest BCUT2D eigenvalue weighted by molar-refractivity contribution is 6.20. The number of amides is 2. The Kier molecular flexibility index (Phi) is 7.26. The molecule has 0 spiro atoms. The van der Waals surface area contributed by atoms with Gasteiger partial charge in [-0.25, -0.2) is 10.4 Å². The smallest absolute Gasteiger partial charge is 0.355 e. The molecule has 1 saturated carbocycles.